The van der Waals surface area contributed by atoms with Crippen LogP contribution in [-0.2, 0) is 11.0 Å². The van der Waals surface area contributed by atoms with Crippen molar-refractivity contribution in [2.24, 2.45) is 0 Å². The molecule has 0 fully saturated rings. The molecule has 1 atom stereocenters. The molecule has 0 aliphatic carbocycles. The summed E-state index contributed by atoms with van der Waals surface area (Å²) in [6.07, 6.45) is -4.85. The molecule has 1 aromatic carbocycles. The lowest BCUT2D eigenvalue weighted by atomic mass is 10.0. The highest BCUT2D eigenvalue weighted by Gasteiger charge is 2.36. The first-order valence-corrected chi connectivity index (χ1v) is 6.05. The Hall–Kier alpha value is -1.63. The highest BCUT2D eigenvalue weighted by molar-refractivity contribution is 5.75. The fourth-order valence-electron chi connectivity index (χ4n) is 2.03. The predicted octanol–water partition coefficient (Wildman–Crippen LogP) is 3.31. The van der Waals surface area contributed by atoms with Gasteiger partial charge in [-0.05, 0) is 30.8 Å². The second kappa shape index (κ2) is 6.21. The van der Waals surface area contributed by atoms with Gasteiger partial charge in [-0.3, -0.25) is 9.69 Å². The minimum absolute atomic E-state index is 0.0880. The van der Waals surface area contributed by atoms with Gasteiger partial charge in [-0.1, -0.05) is 19.9 Å². The van der Waals surface area contributed by atoms with Gasteiger partial charge in [0.1, 0.15) is 11.9 Å². The van der Waals surface area contributed by atoms with Crippen LogP contribution in [0.3, 0.4) is 0 Å². The van der Waals surface area contributed by atoms with Crippen molar-refractivity contribution in [2.75, 3.05) is 13.1 Å². The number of rotatable bonds is 5. The monoisotopic (exact) mass is 293 g/mol. The zero-order valence-corrected chi connectivity index (χ0v) is 11.0. The van der Waals surface area contributed by atoms with Crippen LogP contribution in [0.2, 0.25) is 0 Å². The Kier molecular flexibility index (Phi) is 5.10. The largest absolute Gasteiger partial charge is 0.480 e. The molecule has 3 nitrogen and oxygen atoms in total. The van der Waals surface area contributed by atoms with Gasteiger partial charge < -0.3 is 5.11 Å². The van der Waals surface area contributed by atoms with Crippen molar-refractivity contribution in [1.29, 1.82) is 0 Å². The van der Waals surface area contributed by atoms with Crippen LogP contribution in [0, 0.1) is 5.82 Å². The van der Waals surface area contributed by atoms with E-state index in [2.05, 4.69) is 0 Å². The Balaban J connectivity index is 3.32. The molecule has 0 heterocycles. The molecule has 7 heteroatoms. The van der Waals surface area contributed by atoms with E-state index < -0.39 is 29.6 Å². The summed E-state index contributed by atoms with van der Waals surface area (Å²) < 4.78 is 51.2. The van der Waals surface area contributed by atoms with E-state index in [9.17, 15) is 27.5 Å². The van der Waals surface area contributed by atoms with E-state index in [4.69, 9.17) is 0 Å². The molecule has 1 N–H and O–H groups in total. The van der Waals surface area contributed by atoms with Crippen LogP contribution in [-0.4, -0.2) is 29.1 Å². The summed E-state index contributed by atoms with van der Waals surface area (Å²) in [6, 6.07) is 1.05. The van der Waals surface area contributed by atoms with Crippen LogP contribution in [0.25, 0.3) is 0 Å². The number of hydrogen-bond acceptors (Lipinski definition) is 2. The van der Waals surface area contributed by atoms with Gasteiger partial charge in [0.15, 0.2) is 0 Å². The first-order chi connectivity index (χ1) is 9.22. The topological polar surface area (TPSA) is 40.5 Å². The fraction of sp³-hybridized carbons (Fsp3) is 0.462. The molecule has 0 aromatic heterocycles. The molecule has 0 saturated heterocycles. The summed E-state index contributed by atoms with van der Waals surface area (Å²) in [5.74, 6) is -2.68. The molecule has 112 valence electrons. The van der Waals surface area contributed by atoms with E-state index in [-0.39, 0.29) is 5.56 Å². The van der Waals surface area contributed by atoms with Gasteiger partial charge in [-0.15, -0.1) is 0 Å². The zero-order chi connectivity index (χ0) is 15.5. The average Bonchev–Trinajstić information content (AvgIpc) is 2.35. The van der Waals surface area contributed by atoms with Crippen molar-refractivity contribution in [3.05, 3.63) is 35.1 Å². The molecule has 1 aromatic rings. The van der Waals surface area contributed by atoms with E-state index in [0.29, 0.717) is 25.2 Å². The number of carboxylic acid groups (broad SMARTS) is 1. The van der Waals surface area contributed by atoms with E-state index >= 15 is 0 Å². The molecule has 1 unspecified atom stereocenters. The number of aliphatic carboxylic acids is 1. The predicted molar refractivity (Wildman–Crippen MR) is 64.7 cm³/mol. The maximum Gasteiger partial charge on any atom is 0.419 e. The molecule has 0 bridgehead atoms. The molecule has 0 radical (unpaired) electrons. The van der Waals surface area contributed by atoms with Crippen LogP contribution >= 0.6 is 0 Å². The molecule has 0 aliphatic heterocycles. The summed E-state index contributed by atoms with van der Waals surface area (Å²) in [6.45, 7) is 4.11. The van der Waals surface area contributed by atoms with Gasteiger partial charge in [0.25, 0.3) is 0 Å². The Morgan fingerprint density at radius 2 is 1.85 bits per heavy atom. The van der Waals surface area contributed by atoms with E-state index in [1.807, 2.05) is 0 Å². The van der Waals surface area contributed by atoms with Crippen molar-refractivity contribution in [3.8, 4) is 0 Å². The maximum absolute atomic E-state index is 13.2. The first kappa shape index (κ1) is 16.4. The number of benzene rings is 1. The molecular weight excluding hydrogens is 278 g/mol. The summed E-state index contributed by atoms with van der Waals surface area (Å²) in [4.78, 5) is 12.8. The Bertz CT molecular complexity index is 484. The average molecular weight is 293 g/mol. The molecule has 0 spiro atoms. The standard InChI is InChI=1S/C13H15F4NO2/c1-3-18(4-2)11(12(19)20)8-5-6-10(14)9(7-8)13(15,16)17/h5-7,11H,3-4H2,1-2H3,(H,19,20). The number of nitrogens with zero attached hydrogens (tertiary/aromatic N) is 1. The van der Waals surface area contributed by atoms with Crippen molar-refractivity contribution < 1.29 is 27.5 Å². The zero-order valence-electron chi connectivity index (χ0n) is 11.0. The van der Waals surface area contributed by atoms with Crippen LogP contribution in [0.1, 0.15) is 31.0 Å². The summed E-state index contributed by atoms with van der Waals surface area (Å²) in [7, 11) is 0. The molecule has 20 heavy (non-hydrogen) atoms. The summed E-state index contributed by atoms with van der Waals surface area (Å²) in [5, 5.41) is 9.21. The quantitative estimate of drug-likeness (QED) is 0.847. The van der Waals surface area contributed by atoms with Gasteiger partial charge in [0.05, 0.1) is 5.56 Å². The normalized spacial score (nSPS) is 13.6. The number of carbonyl (C=O) groups is 1. The highest BCUT2D eigenvalue weighted by atomic mass is 19.4. The van der Waals surface area contributed by atoms with E-state index in [1.54, 1.807) is 13.8 Å². The van der Waals surface area contributed by atoms with Crippen LogP contribution in [0.15, 0.2) is 18.2 Å². The number of halogens is 4. The molecule has 1 rings (SSSR count). The lowest BCUT2D eigenvalue weighted by Crippen LogP contribution is -2.34. The molecule has 0 amide bonds. The van der Waals surface area contributed by atoms with Crippen LogP contribution < -0.4 is 0 Å². The lowest BCUT2D eigenvalue weighted by molar-refractivity contribution is -0.144. The molecule has 0 aliphatic rings. The smallest absolute Gasteiger partial charge is 0.419 e. The van der Waals surface area contributed by atoms with Gasteiger partial charge in [-0.2, -0.15) is 13.2 Å². The number of likely N-dealkylation sites (N-methyl/N-ethyl adjacent to an activating group) is 1. The summed E-state index contributed by atoms with van der Waals surface area (Å²) in [5.41, 5.74) is -1.54. The van der Waals surface area contributed by atoms with Gasteiger partial charge in [0.2, 0.25) is 0 Å². The summed E-state index contributed by atoms with van der Waals surface area (Å²) >= 11 is 0. The Morgan fingerprint density at radius 3 is 2.25 bits per heavy atom. The first-order valence-electron chi connectivity index (χ1n) is 6.05. The Labute approximate surface area is 113 Å². The van der Waals surface area contributed by atoms with E-state index in [1.165, 1.54) is 4.90 Å². The van der Waals surface area contributed by atoms with E-state index in [0.717, 1.165) is 6.07 Å². The maximum atomic E-state index is 13.2. The van der Waals surface area contributed by atoms with Crippen LogP contribution in [0.4, 0.5) is 17.6 Å². The third-order valence-electron chi connectivity index (χ3n) is 3.02. The van der Waals surface area contributed by atoms with Crippen molar-refractivity contribution >= 4 is 5.97 Å². The third-order valence-corrected chi connectivity index (χ3v) is 3.02. The molecular formula is C13H15F4NO2. The minimum atomic E-state index is -4.85. The number of alkyl halides is 3. The van der Waals surface area contributed by atoms with Gasteiger partial charge in [-0.25, -0.2) is 4.39 Å². The highest BCUT2D eigenvalue weighted by Crippen LogP contribution is 2.34. The minimum Gasteiger partial charge on any atom is -0.480 e. The molecule has 0 saturated carbocycles. The number of carboxylic acids is 1. The van der Waals surface area contributed by atoms with Crippen molar-refractivity contribution in [1.82, 2.24) is 4.90 Å². The fourth-order valence-corrected chi connectivity index (χ4v) is 2.03. The van der Waals surface area contributed by atoms with Gasteiger partial charge in [0, 0.05) is 0 Å². The van der Waals surface area contributed by atoms with Crippen molar-refractivity contribution in [3.63, 3.8) is 0 Å². The van der Waals surface area contributed by atoms with Crippen LogP contribution in [0.5, 0.6) is 0 Å². The lowest BCUT2D eigenvalue weighted by Gasteiger charge is -2.27. The SMILES string of the molecule is CCN(CC)C(C(=O)O)c1ccc(F)c(C(F)(F)F)c1. The second-order valence-corrected chi connectivity index (χ2v) is 4.20. The van der Waals surface area contributed by atoms with Gasteiger partial charge >= 0.3 is 12.1 Å². The second-order valence-electron chi connectivity index (χ2n) is 4.20. The Morgan fingerprint density at radius 1 is 1.30 bits per heavy atom. The third kappa shape index (κ3) is 3.47. The van der Waals surface area contributed by atoms with Crippen molar-refractivity contribution in [2.45, 2.75) is 26.1 Å². The number of hydrogen-bond donors (Lipinski definition) is 1.